The third kappa shape index (κ3) is 1.46. The van der Waals surface area contributed by atoms with E-state index in [-0.39, 0.29) is 0 Å². The Morgan fingerprint density at radius 3 is 2.50 bits per heavy atom. The van der Waals surface area contributed by atoms with Crippen LogP contribution < -0.4 is 0 Å². The van der Waals surface area contributed by atoms with Crippen molar-refractivity contribution >= 4 is 12.8 Å². The molecule has 0 aliphatic heterocycles. The van der Waals surface area contributed by atoms with Gasteiger partial charge in [0.25, 0.3) is 0 Å². The summed E-state index contributed by atoms with van der Waals surface area (Å²) in [6.07, 6.45) is -0.644. The fourth-order valence-corrected chi connectivity index (χ4v) is 0.0645. The van der Waals surface area contributed by atoms with Crippen LogP contribution in [-0.4, -0.2) is 19.9 Å². The van der Waals surface area contributed by atoms with Crippen molar-refractivity contribution in [3.63, 3.8) is 0 Å². The van der Waals surface area contributed by atoms with Crippen LogP contribution in [0.15, 0.2) is 4.99 Å². The van der Waals surface area contributed by atoms with Crippen molar-refractivity contribution in [3.05, 3.63) is 0 Å². The molecule has 0 radical (unpaired) electrons. The second kappa shape index (κ2) is 2.38. The number of carbonyl (C=O) groups excluding carboxylic acids is 1. The van der Waals surface area contributed by atoms with Gasteiger partial charge in [-0.1, -0.05) is 0 Å². The van der Waals surface area contributed by atoms with Gasteiger partial charge in [0.2, 0.25) is 0 Å². The number of aliphatic imine (C=N–C) groups is 1. The molecule has 0 aliphatic carbocycles. The SMILES string of the molecule is C=NC(=O)OC. The summed E-state index contributed by atoms with van der Waals surface area (Å²) in [5.41, 5.74) is 0. The molecule has 0 aromatic rings. The summed E-state index contributed by atoms with van der Waals surface area (Å²) in [4.78, 5) is 12.6. The number of amides is 1. The predicted molar refractivity (Wildman–Crippen MR) is 22.0 cm³/mol. The predicted octanol–water partition coefficient (Wildman–Crippen LogP) is 0.453. The molecule has 0 aliphatic rings. The molecule has 0 aromatic carbocycles. The standard InChI is InChI=1S/C3H5NO2/c1-4-3(5)6-2/h1H2,2H3. The van der Waals surface area contributed by atoms with Crippen LogP contribution in [0.3, 0.4) is 0 Å². The largest absolute Gasteiger partial charge is 0.451 e. The van der Waals surface area contributed by atoms with Crippen molar-refractivity contribution in [1.29, 1.82) is 0 Å². The zero-order chi connectivity index (χ0) is 4.99. The molecular weight excluding hydrogens is 82.0 g/mol. The second-order valence-corrected chi connectivity index (χ2v) is 0.628. The minimum absolute atomic E-state index is 0.644. The van der Waals surface area contributed by atoms with Crippen LogP contribution in [0.4, 0.5) is 4.79 Å². The summed E-state index contributed by atoms with van der Waals surface area (Å²) in [5.74, 6) is 0. The highest BCUT2D eigenvalue weighted by molar-refractivity contribution is 5.72. The molecule has 0 aromatic heterocycles. The van der Waals surface area contributed by atoms with E-state index in [1.807, 2.05) is 0 Å². The smallest absolute Gasteiger partial charge is 0.432 e. The summed E-state index contributed by atoms with van der Waals surface area (Å²) < 4.78 is 4.03. The third-order valence-corrected chi connectivity index (χ3v) is 0.304. The Morgan fingerprint density at radius 2 is 2.50 bits per heavy atom. The van der Waals surface area contributed by atoms with Gasteiger partial charge in [-0.15, -0.1) is 0 Å². The monoisotopic (exact) mass is 87.0 g/mol. The average Bonchev–Trinajstić information content (AvgIpc) is 1.65. The first-order valence-corrected chi connectivity index (χ1v) is 1.36. The number of rotatable bonds is 0. The lowest BCUT2D eigenvalue weighted by Crippen LogP contribution is -1.88. The molecular formula is C3H5NO2. The Bertz CT molecular complexity index is 69.2. The number of hydrogen-bond donors (Lipinski definition) is 0. The molecule has 0 heterocycles. The summed E-state index contributed by atoms with van der Waals surface area (Å²) in [5, 5.41) is 0. The van der Waals surface area contributed by atoms with E-state index >= 15 is 0 Å². The van der Waals surface area contributed by atoms with Gasteiger partial charge in [0.15, 0.2) is 0 Å². The maximum atomic E-state index is 9.73. The van der Waals surface area contributed by atoms with Gasteiger partial charge < -0.3 is 4.74 Å². The van der Waals surface area contributed by atoms with Crippen LogP contribution in [0.1, 0.15) is 0 Å². The maximum absolute atomic E-state index is 9.73. The fraction of sp³-hybridized carbons (Fsp3) is 0.333. The van der Waals surface area contributed by atoms with E-state index in [4.69, 9.17) is 0 Å². The number of methoxy groups -OCH3 is 1. The van der Waals surface area contributed by atoms with E-state index < -0.39 is 6.09 Å². The fourth-order valence-electron chi connectivity index (χ4n) is 0.0645. The van der Waals surface area contributed by atoms with Crippen LogP contribution in [0, 0.1) is 0 Å². The number of hydrogen-bond acceptors (Lipinski definition) is 2. The van der Waals surface area contributed by atoms with Gasteiger partial charge in [0.05, 0.1) is 7.11 Å². The number of nitrogens with zero attached hydrogens (tertiary/aromatic N) is 1. The minimum Gasteiger partial charge on any atom is -0.451 e. The minimum atomic E-state index is -0.644. The molecule has 34 valence electrons. The summed E-state index contributed by atoms with van der Waals surface area (Å²) in [7, 11) is 1.25. The molecule has 0 unspecified atom stereocenters. The lowest BCUT2D eigenvalue weighted by molar-refractivity contribution is 0.183. The first kappa shape index (κ1) is 5.14. The zero-order valence-corrected chi connectivity index (χ0v) is 3.47. The van der Waals surface area contributed by atoms with Crippen LogP contribution in [0.2, 0.25) is 0 Å². The van der Waals surface area contributed by atoms with Crippen molar-refractivity contribution in [2.24, 2.45) is 4.99 Å². The molecule has 0 saturated heterocycles. The van der Waals surface area contributed by atoms with E-state index in [1.165, 1.54) is 7.11 Å². The van der Waals surface area contributed by atoms with Crippen molar-refractivity contribution in [1.82, 2.24) is 0 Å². The van der Waals surface area contributed by atoms with E-state index in [0.717, 1.165) is 0 Å². The topological polar surface area (TPSA) is 38.7 Å². The molecule has 0 rings (SSSR count). The summed E-state index contributed by atoms with van der Waals surface area (Å²) in [6, 6.07) is 0. The Labute approximate surface area is 35.6 Å². The normalized spacial score (nSPS) is 6.83. The Morgan fingerprint density at radius 1 is 2.00 bits per heavy atom. The summed E-state index contributed by atoms with van der Waals surface area (Å²) in [6.45, 7) is 2.91. The van der Waals surface area contributed by atoms with Crippen LogP contribution in [0.5, 0.6) is 0 Å². The van der Waals surface area contributed by atoms with Crippen LogP contribution >= 0.6 is 0 Å². The van der Waals surface area contributed by atoms with E-state index in [2.05, 4.69) is 16.4 Å². The van der Waals surface area contributed by atoms with Crippen LogP contribution in [-0.2, 0) is 4.74 Å². The van der Waals surface area contributed by atoms with Crippen molar-refractivity contribution < 1.29 is 9.53 Å². The lowest BCUT2D eigenvalue weighted by Gasteiger charge is -1.82. The molecule has 0 atom stereocenters. The van der Waals surface area contributed by atoms with E-state index in [9.17, 15) is 4.79 Å². The van der Waals surface area contributed by atoms with Gasteiger partial charge in [0, 0.05) is 0 Å². The third-order valence-electron chi connectivity index (χ3n) is 0.304. The number of carbonyl (C=O) groups is 1. The van der Waals surface area contributed by atoms with Crippen molar-refractivity contribution in [2.75, 3.05) is 7.11 Å². The van der Waals surface area contributed by atoms with Gasteiger partial charge in [-0.3, -0.25) is 0 Å². The Balaban J connectivity index is 3.23. The summed E-state index contributed by atoms with van der Waals surface area (Å²) >= 11 is 0. The lowest BCUT2D eigenvalue weighted by atomic mass is 11.2. The molecule has 1 amide bonds. The van der Waals surface area contributed by atoms with Gasteiger partial charge in [-0.2, -0.15) is 4.99 Å². The Kier molecular flexibility index (Phi) is 2.04. The maximum Gasteiger partial charge on any atom is 0.432 e. The van der Waals surface area contributed by atoms with Crippen LogP contribution in [0.25, 0.3) is 0 Å². The van der Waals surface area contributed by atoms with E-state index in [1.54, 1.807) is 0 Å². The first-order valence-electron chi connectivity index (χ1n) is 1.36. The van der Waals surface area contributed by atoms with Gasteiger partial charge in [-0.05, 0) is 6.72 Å². The first-order chi connectivity index (χ1) is 2.81. The molecule has 6 heavy (non-hydrogen) atoms. The molecule has 3 heteroatoms. The van der Waals surface area contributed by atoms with Gasteiger partial charge >= 0.3 is 6.09 Å². The van der Waals surface area contributed by atoms with Crippen molar-refractivity contribution in [2.45, 2.75) is 0 Å². The highest BCUT2D eigenvalue weighted by atomic mass is 16.5. The Hall–Kier alpha value is -0.860. The van der Waals surface area contributed by atoms with E-state index in [0.29, 0.717) is 0 Å². The molecule has 0 spiro atoms. The zero-order valence-electron chi connectivity index (χ0n) is 3.47. The second-order valence-electron chi connectivity index (χ2n) is 0.628. The average molecular weight is 87.1 g/mol. The number of ether oxygens (including phenoxy) is 1. The molecule has 0 fully saturated rings. The quantitative estimate of drug-likeness (QED) is 0.402. The molecule has 3 nitrogen and oxygen atoms in total. The molecule has 0 bridgehead atoms. The molecule has 0 N–H and O–H groups in total. The molecule has 0 saturated carbocycles. The highest BCUT2D eigenvalue weighted by Crippen LogP contribution is 1.71. The highest BCUT2D eigenvalue weighted by Gasteiger charge is 1.83. The van der Waals surface area contributed by atoms with Gasteiger partial charge in [0.1, 0.15) is 0 Å². The van der Waals surface area contributed by atoms with Crippen molar-refractivity contribution in [3.8, 4) is 0 Å². The van der Waals surface area contributed by atoms with Gasteiger partial charge in [-0.25, -0.2) is 4.79 Å².